The van der Waals surface area contributed by atoms with E-state index in [0.717, 1.165) is 17.3 Å². The van der Waals surface area contributed by atoms with Gasteiger partial charge in [-0.3, -0.25) is 4.98 Å². The molecule has 0 radical (unpaired) electrons. The van der Waals surface area contributed by atoms with Crippen LogP contribution in [0.25, 0.3) is 11.4 Å². The first-order valence-electron chi connectivity index (χ1n) is 6.40. The Morgan fingerprint density at radius 3 is 2.19 bits per heavy atom. The number of halogens is 1. The molecule has 2 aromatic heterocycles. The van der Waals surface area contributed by atoms with E-state index in [1.54, 1.807) is 36.2 Å². The van der Waals surface area contributed by atoms with Crippen molar-refractivity contribution in [1.82, 2.24) is 14.8 Å². The molecule has 0 aliphatic rings. The van der Waals surface area contributed by atoms with E-state index in [4.69, 9.17) is 4.74 Å². The maximum absolute atomic E-state index is 11.9. The van der Waals surface area contributed by atoms with Crippen LogP contribution in [0.3, 0.4) is 0 Å². The molecule has 0 spiro atoms. The van der Waals surface area contributed by atoms with Crippen LogP contribution in [0.4, 0.5) is 4.39 Å². The molecule has 1 aromatic carbocycles. The highest BCUT2D eigenvalue weighted by atomic mass is 19.1. The van der Waals surface area contributed by atoms with Gasteiger partial charge in [0.25, 0.3) is 0 Å². The summed E-state index contributed by atoms with van der Waals surface area (Å²) in [5.41, 5.74) is 1.68. The third kappa shape index (κ3) is 4.14. The molecule has 108 valence electrons. The molecule has 0 N–H and O–H groups in total. The Morgan fingerprint density at radius 1 is 1.00 bits per heavy atom. The second-order valence-electron chi connectivity index (χ2n) is 4.21. The quantitative estimate of drug-likeness (QED) is 0.725. The number of hydrogen-bond donors (Lipinski definition) is 0. The van der Waals surface area contributed by atoms with E-state index in [2.05, 4.69) is 10.1 Å². The van der Waals surface area contributed by atoms with Crippen molar-refractivity contribution in [3.8, 4) is 17.3 Å². The van der Waals surface area contributed by atoms with Gasteiger partial charge in [-0.15, -0.1) is 0 Å². The molecule has 3 aromatic rings. The molecule has 0 saturated carbocycles. The summed E-state index contributed by atoms with van der Waals surface area (Å²) in [7, 11) is 3.46. The normalized spacial score (nSPS) is 9.67. The fourth-order valence-corrected chi connectivity index (χ4v) is 1.70. The summed E-state index contributed by atoms with van der Waals surface area (Å²) in [6.07, 6.45) is 1.75. The van der Waals surface area contributed by atoms with Gasteiger partial charge in [0.15, 0.2) is 0 Å². The number of methoxy groups -OCH3 is 1. The first-order chi connectivity index (χ1) is 10.2. The lowest BCUT2D eigenvalue weighted by molar-refractivity contribution is 0.373. The summed E-state index contributed by atoms with van der Waals surface area (Å²) in [6, 6.07) is 15.5. The molecule has 0 atom stereocenters. The zero-order chi connectivity index (χ0) is 15.1. The lowest BCUT2D eigenvalue weighted by atomic mass is 10.3. The standard InChI is InChI=1S/C10H11N3O.C6H5F/c1-13-10(14-2)7-9(12-13)8-5-3-4-6-11-8;7-6-4-2-1-3-5-6/h3-7H,1-2H3;1-5H. The lowest BCUT2D eigenvalue weighted by Gasteiger charge is -1.95. The monoisotopic (exact) mass is 285 g/mol. The Balaban J connectivity index is 0.000000194. The van der Waals surface area contributed by atoms with Crippen molar-refractivity contribution in [2.24, 2.45) is 7.05 Å². The number of benzene rings is 1. The SMILES string of the molecule is COc1cc(-c2ccccn2)nn1C.Fc1ccccc1. The van der Waals surface area contributed by atoms with Crippen molar-refractivity contribution < 1.29 is 9.13 Å². The van der Waals surface area contributed by atoms with Gasteiger partial charge in [-0.1, -0.05) is 24.3 Å². The van der Waals surface area contributed by atoms with Gasteiger partial charge in [0, 0.05) is 19.3 Å². The zero-order valence-electron chi connectivity index (χ0n) is 11.9. The minimum atomic E-state index is -0.178. The van der Waals surface area contributed by atoms with Gasteiger partial charge in [0.2, 0.25) is 5.88 Å². The average molecular weight is 285 g/mol. The van der Waals surface area contributed by atoms with Crippen LogP contribution in [0.1, 0.15) is 0 Å². The molecule has 21 heavy (non-hydrogen) atoms. The van der Waals surface area contributed by atoms with Gasteiger partial charge >= 0.3 is 0 Å². The van der Waals surface area contributed by atoms with Gasteiger partial charge in [-0.25, -0.2) is 9.07 Å². The predicted octanol–water partition coefficient (Wildman–Crippen LogP) is 3.32. The number of aromatic nitrogens is 3. The van der Waals surface area contributed by atoms with Crippen LogP contribution in [0.2, 0.25) is 0 Å². The van der Waals surface area contributed by atoms with Crippen LogP contribution in [-0.4, -0.2) is 21.9 Å². The van der Waals surface area contributed by atoms with Gasteiger partial charge in [-0.2, -0.15) is 5.10 Å². The van der Waals surface area contributed by atoms with Crippen molar-refractivity contribution >= 4 is 0 Å². The molecule has 0 aliphatic carbocycles. The summed E-state index contributed by atoms with van der Waals surface area (Å²) in [6.45, 7) is 0. The Kier molecular flexibility index (Phi) is 5.04. The molecule has 2 heterocycles. The van der Waals surface area contributed by atoms with Crippen LogP contribution in [-0.2, 0) is 7.05 Å². The molecule has 0 bridgehead atoms. The molecule has 0 unspecified atom stereocenters. The second kappa shape index (κ2) is 7.19. The highest BCUT2D eigenvalue weighted by molar-refractivity contribution is 5.54. The fraction of sp³-hybridized carbons (Fsp3) is 0.125. The number of hydrogen-bond acceptors (Lipinski definition) is 3. The summed E-state index contributed by atoms with van der Waals surface area (Å²) in [5, 5.41) is 4.28. The van der Waals surface area contributed by atoms with Crippen LogP contribution in [0.5, 0.6) is 5.88 Å². The van der Waals surface area contributed by atoms with Gasteiger partial charge in [0.1, 0.15) is 11.5 Å². The van der Waals surface area contributed by atoms with E-state index in [1.807, 2.05) is 31.3 Å². The first kappa shape index (κ1) is 14.7. The van der Waals surface area contributed by atoms with E-state index in [-0.39, 0.29) is 5.82 Å². The summed E-state index contributed by atoms with van der Waals surface area (Å²) in [5.74, 6) is 0.549. The van der Waals surface area contributed by atoms with E-state index in [9.17, 15) is 4.39 Å². The fourth-order valence-electron chi connectivity index (χ4n) is 1.70. The van der Waals surface area contributed by atoms with Gasteiger partial charge in [0.05, 0.1) is 12.8 Å². The van der Waals surface area contributed by atoms with E-state index in [1.165, 1.54) is 12.1 Å². The molecule has 0 fully saturated rings. The largest absolute Gasteiger partial charge is 0.481 e. The highest BCUT2D eigenvalue weighted by Crippen LogP contribution is 2.19. The molecule has 0 saturated heterocycles. The Bertz CT molecular complexity index is 669. The smallest absolute Gasteiger partial charge is 0.211 e. The molecule has 0 amide bonds. The first-order valence-corrected chi connectivity index (χ1v) is 6.40. The number of aryl methyl sites for hydroxylation is 1. The minimum absolute atomic E-state index is 0.178. The Labute approximate surface area is 122 Å². The van der Waals surface area contributed by atoms with Crippen LogP contribution in [0.15, 0.2) is 60.8 Å². The number of nitrogens with zero attached hydrogens (tertiary/aromatic N) is 3. The summed E-state index contributed by atoms with van der Waals surface area (Å²) < 4.78 is 18.7. The molecular weight excluding hydrogens is 269 g/mol. The van der Waals surface area contributed by atoms with Crippen molar-refractivity contribution in [1.29, 1.82) is 0 Å². The maximum Gasteiger partial charge on any atom is 0.211 e. The molecular formula is C16H16FN3O. The number of rotatable bonds is 2. The van der Waals surface area contributed by atoms with E-state index < -0.39 is 0 Å². The third-order valence-electron chi connectivity index (χ3n) is 2.71. The topological polar surface area (TPSA) is 39.9 Å². The van der Waals surface area contributed by atoms with E-state index in [0.29, 0.717) is 0 Å². The zero-order valence-corrected chi connectivity index (χ0v) is 11.9. The number of ether oxygens (including phenoxy) is 1. The molecule has 3 rings (SSSR count). The Morgan fingerprint density at radius 2 is 1.71 bits per heavy atom. The van der Waals surface area contributed by atoms with Crippen molar-refractivity contribution in [2.45, 2.75) is 0 Å². The lowest BCUT2D eigenvalue weighted by Crippen LogP contribution is -1.94. The Hall–Kier alpha value is -2.69. The van der Waals surface area contributed by atoms with Crippen LogP contribution in [0, 0.1) is 5.82 Å². The average Bonchev–Trinajstić information content (AvgIpc) is 2.91. The summed E-state index contributed by atoms with van der Waals surface area (Å²) in [4.78, 5) is 4.21. The summed E-state index contributed by atoms with van der Waals surface area (Å²) >= 11 is 0. The van der Waals surface area contributed by atoms with Crippen LogP contribution >= 0.6 is 0 Å². The van der Waals surface area contributed by atoms with Crippen LogP contribution < -0.4 is 4.74 Å². The van der Waals surface area contributed by atoms with Gasteiger partial charge < -0.3 is 4.74 Å². The molecule has 4 nitrogen and oxygen atoms in total. The van der Waals surface area contributed by atoms with Gasteiger partial charge in [-0.05, 0) is 24.3 Å². The minimum Gasteiger partial charge on any atom is -0.481 e. The third-order valence-corrected chi connectivity index (χ3v) is 2.71. The predicted molar refractivity (Wildman–Crippen MR) is 79.4 cm³/mol. The van der Waals surface area contributed by atoms with Crippen molar-refractivity contribution in [2.75, 3.05) is 7.11 Å². The maximum atomic E-state index is 11.9. The second-order valence-corrected chi connectivity index (χ2v) is 4.21. The number of pyridine rings is 1. The highest BCUT2D eigenvalue weighted by Gasteiger charge is 2.06. The molecule has 5 heteroatoms. The molecule has 0 aliphatic heterocycles. The van der Waals surface area contributed by atoms with Crippen molar-refractivity contribution in [3.05, 3.63) is 66.6 Å². The van der Waals surface area contributed by atoms with Crippen molar-refractivity contribution in [3.63, 3.8) is 0 Å². The van der Waals surface area contributed by atoms with E-state index >= 15 is 0 Å².